The van der Waals surface area contributed by atoms with Crippen molar-refractivity contribution in [3.05, 3.63) is 74.2 Å². The second-order valence-corrected chi connectivity index (χ2v) is 6.86. The van der Waals surface area contributed by atoms with E-state index >= 15 is 0 Å². The molecule has 0 N–H and O–H groups in total. The highest BCUT2D eigenvalue weighted by atomic mass is 35.5. The van der Waals surface area contributed by atoms with Crippen LogP contribution in [0.1, 0.15) is 5.56 Å². The van der Waals surface area contributed by atoms with Crippen LogP contribution in [0.15, 0.2) is 48.5 Å². The molecule has 3 rings (SSSR count). The lowest BCUT2D eigenvalue weighted by molar-refractivity contribution is 1.20. The van der Waals surface area contributed by atoms with Crippen molar-refractivity contribution < 1.29 is 0 Å². The number of aromatic nitrogens is 1. The monoisotopic (exact) mass is 406 g/mol. The number of rotatable bonds is 3. The molecule has 0 saturated carbocycles. The number of pyridine rings is 1. The minimum Gasteiger partial charge on any atom is -0.247 e. The van der Waals surface area contributed by atoms with Crippen molar-refractivity contribution in [1.82, 2.24) is 4.98 Å². The summed E-state index contributed by atoms with van der Waals surface area (Å²) < 4.78 is 0. The van der Waals surface area contributed by atoms with E-state index in [9.17, 15) is 0 Å². The zero-order valence-electron chi connectivity index (χ0n) is 12.7. The van der Waals surface area contributed by atoms with Gasteiger partial charge < -0.3 is 0 Å². The SMILES string of the molecule is N#CCc1ccc(-c2c(Cl)cccc2Cl)nc1-c1c(Cl)cccc1Cl. The van der Waals surface area contributed by atoms with Gasteiger partial charge in [0.25, 0.3) is 0 Å². The molecule has 0 fully saturated rings. The Bertz CT molecular complexity index is 953. The van der Waals surface area contributed by atoms with Crippen molar-refractivity contribution in [3.63, 3.8) is 0 Å². The Hall–Kier alpha value is -1.76. The Morgan fingerprint density at radius 1 is 0.760 bits per heavy atom. The van der Waals surface area contributed by atoms with Gasteiger partial charge in [0.2, 0.25) is 0 Å². The smallest absolute Gasteiger partial charge is 0.0781 e. The predicted molar refractivity (Wildman–Crippen MR) is 104 cm³/mol. The van der Waals surface area contributed by atoms with Gasteiger partial charge in [-0.15, -0.1) is 0 Å². The fourth-order valence-corrected chi connectivity index (χ4v) is 3.71. The number of halogens is 4. The second-order valence-electron chi connectivity index (χ2n) is 5.23. The van der Waals surface area contributed by atoms with E-state index in [-0.39, 0.29) is 6.42 Å². The molecule has 2 nitrogen and oxygen atoms in total. The minimum atomic E-state index is 0.181. The Balaban J connectivity index is 2.29. The molecule has 25 heavy (non-hydrogen) atoms. The molecule has 0 bridgehead atoms. The zero-order valence-corrected chi connectivity index (χ0v) is 15.8. The summed E-state index contributed by atoms with van der Waals surface area (Å²) in [4.78, 5) is 4.69. The van der Waals surface area contributed by atoms with Crippen LogP contribution in [0.5, 0.6) is 0 Å². The van der Waals surface area contributed by atoms with E-state index in [4.69, 9.17) is 51.7 Å². The fraction of sp³-hybridized carbons (Fsp3) is 0.0526. The van der Waals surface area contributed by atoms with E-state index in [0.717, 1.165) is 5.56 Å². The first-order valence-electron chi connectivity index (χ1n) is 7.28. The summed E-state index contributed by atoms with van der Waals surface area (Å²) in [6, 6.07) is 16.2. The van der Waals surface area contributed by atoms with Gasteiger partial charge in [-0.3, -0.25) is 0 Å². The van der Waals surface area contributed by atoms with Gasteiger partial charge in [-0.2, -0.15) is 5.26 Å². The van der Waals surface area contributed by atoms with Crippen molar-refractivity contribution >= 4 is 46.4 Å². The summed E-state index contributed by atoms with van der Waals surface area (Å²) >= 11 is 25.3. The van der Waals surface area contributed by atoms with Crippen molar-refractivity contribution in [2.24, 2.45) is 0 Å². The van der Waals surface area contributed by atoms with E-state index in [1.54, 1.807) is 42.5 Å². The third-order valence-corrected chi connectivity index (χ3v) is 4.93. The number of nitriles is 1. The molecule has 0 spiro atoms. The van der Waals surface area contributed by atoms with Gasteiger partial charge in [0.1, 0.15) is 0 Å². The lowest BCUT2D eigenvalue weighted by atomic mass is 10.0. The summed E-state index contributed by atoms with van der Waals surface area (Å²) in [5.74, 6) is 0. The van der Waals surface area contributed by atoms with Gasteiger partial charge >= 0.3 is 0 Å². The molecule has 1 heterocycles. The Morgan fingerprint density at radius 3 is 1.80 bits per heavy atom. The van der Waals surface area contributed by atoms with Crippen LogP contribution in [-0.2, 0) is 6.42 Å². The minimum absolute atomic E-state index is 0.181. The summed E-state index contributed by atoms with van der Waals surface area (Å²) in [5.41, 5.74) is 3.07. The lowest BCUT2D eigenvalue weighted by Crippen LogP contribution is -1.97. The average Bonchev–Trinajstić information content (AvgIpc) is 2.56. The van der Waals surface area contributed by atoms with Crippen molar-refractivity contribution in [3.8, 4) is 28.6 Å². The summed E-state index contributed by atoms with van der Waals surface area (Å²) in [6.45, 7) is 0. The van der Waals surface area contributed by atoms with Gasteiger partial charge in [-0.1, -0.05) is 64.6 Å². The molecular formula is C19H10Cl4N2. The molecule has 0 radical (unpaired) electrons. The first-order chi connectivity index (χ1) is 12.0. The highest BCUT2D eigenvalue weighted by molar-refractivity contribution is 6.40. The topological polar surface area (TPSA) is 36.7 Å². The standard InChI is InChI=1S/C19H10Cl4N2/c20-12-3-1-4-13(21)17(12)16-8-7-11(9-10-24)19(25-16)18-14(22)5-2-6-15(18)23/h1-8H,9H2. The molecule has 0 amide bonds. The van der Waals surface area contributed by atoms with E-state index in [2.05, 4.69) is 11.1 Å². The zero-order chi connectivity index (χ0) is 18.0. The van der Waals surface area contributed by atoms with Crippen LogP contribution in [0.3, 0.4) is 0 Å². The second kappa shape index (κ2) is 7.64. The quantitative estimate of drug-likeness (QED) is 0.464. The van der Waals surface area contributed by atoms with Gasteiger partial charge in [0.05, 0.1) is 44.0 Å². The first kappa shape index (κ1) is 18.0. The van der Waals surface area contributed by atoms with E-state index in [0.29, 0.717) is 42.6 Å². The summed E-state index contributed by atoms with van der Waals surface area (Å²) in [5, 5.41) is 11.0. The van der Waals surface area contributed by atoms with Gasteiger partial charge in [0, 0.05) is 11.1 Å². The van der Waals surface area contributed by atoms with Crippen molar-refractivity contribution in [1.29, 1.82) is 5.26 Å². The van der Waals surface area contributed by atoms with Crippen LogP contribution < -0.4 is 0 Å². The van der Waals surface area contributed by atoms with Crippen LogP contribution in [0.4, 0.5) is 0 Å². The van der Waals surface area contributed by atoms with E-state index < -0.39 is 0 Å². The molecule has 0 unspecified atom stereocenters. The maximum Gasteiger partial charge on any atom is 0.0781 e. The molecule has 0 atom stereocenters. The Labute approximate surface area is 165 Å². The number of hydrogen-bond donors (Lipinski definition) is 0. The van der Waals surface area contributed by atoms with Gasteiger partial charge in [-0.05, 0) is 35.9 Å². The molecule has 0 aliphatic heterocycles. The highest BCUT2D eigenvalue weighted by Gasteiger charge is 2.17. The molecular weight excluding hydrogens is 398 g/mol. The Morgan fingerprint density at radius 2 is 1.28 bits per heavy atom. The van der Waals surface area contributed by atoms with Crippen LogP contribution in [0, 0.1) is 11.3 Å². The molecule has 2 aromatic carbocycles. The highest BCUT2D eigenvalue weighted by Crippen LogP contribution is 2.39. The van der Waals surface area contributed by atoms with Crippen LogP contribution in [-0.4, -0.2) is 4.98 Å². The summed E-state index contributed by atoms with van der Waals surface area (Å²) in [7, 11) is 0. The van der Waals surface area contributed by atoms with Crippen LogP contribution in [0.2, 0.25) is 20.1 Å². The normalized spacial score (nSPS) is 10.5. The fourth-order valence-electron chi connectivity index (χ4n) is 2.54. The molecule has 0 saturated heterocycles. The molecule has 3 aromatic rings. The van der Waals surface area contributed by atoms with Crippen LogP contribution in [0.25, 0.3) is 22.5 Å². The number of nitrogens with zero attached hydrogens (tertiary/aromatic N) is 2. The molecule has 6 heteroatoms. The molecule has 0 aliphatic rings. The van der Waals surface area contributed by atoms with E-state index in [1.807, 2.05) is 6.07 Å². The van der Waals surface area contributed by atoms with Gasteiger partial charge in [0.15, 0.2) is 0 Å². The molecule has 124 valence electrons. The molecule has 1 aromatic heterocycles. The van der Waals surface area contributed by atoms with Crippen LogP contribution >= 0.6 is 46.4 Å². The number of hydrogen-bond acceptors (Lipinski definition) is 2. The van der Waals surface area contributed by atoms with Gasteiger partial charge in [-0.25, -0.2) is 4.98 Å². The van der Waals surface area contributed by atoms with Crippen molar-refractivity contribution in [2.75, 3.05) is 0 Å². The predicted octanol–water partition coefficient (Wildman–Crippen LogP) is 7.10. The number of benzene rings is 2. The third kappa shape index (κ3) is 3.61. The first-order valence-corrected chi connectivity index (χ1v) is 8.79. The maximum absolute atomic E-state index is 9.12. The summed E-state index contributed by atoms with van der Waals surface area (Å²) in [6.07, 6.45) is 0.181. The molecule has 0 aliphatic carbocycles. The average molecular weight is 408 g/mol. The Kier molecular flexibility index (Phi) is 5.51. The largest absolute Gasteiger partial charge is 0.247 e. The third-order valence-electron chi connectivity index (χ3n) is 3.67. The van der Waals surface area contributed by atoms with E-state index in [1.165, 1.54) is 0 Å². The van der Waals surface area contributed by atoms with Crippen molar-refractivity contribution in [2.45, 2.75) is 6.42 Å². The maximum atomic E-state index is 9.12. The lowest BCUT2D eigenvalue weighted by Gasteiger charge is -2.13.